The Morgan fingerprint density at radius 1 is 1.30 bits per heavy atom. The van der Waals surface area contributed by atoms with Crippen molar-refractivity contribution in [3.05, 3.63) is 23.2 Å². The number of carboxylic acid groups (broad SMARTS) is 1. The van der Waals surface area contributed by atoms with Crippen molar-refractivity contribution in [3.63, 3.8) is 0 Å². The molecule has 6 nitrogen and oxygen atoms in total. The second-order valence-electron chi connectivity index (χ2n) is 8.37. The summed E-state index contributed by atoms with van der Waals surface area (Å²) in [7, 11) is 0. The number of piperidine rings is 1. The van der Waals surface area contributed by atoms with Gasteiger partial charge in [-0.25, -0.2) is 4.98 Å². The highest BCUT2D eigenvalue weighted by molar-refractivity contribution is 7.13. The molecule has 0 amide bonds. The standard InChI is InChI=1S/C20H21F3N4O2S/c1-10-4-5-27(10)19-24-17(20(21,22)23)16(14-3-2-6-30-14)18(25-19)26-8-12-11(7-15(28)29)13(12)9-26/h2-3,6,10-13H,4-5,7-9H2,1H3,(H,28,29)/t10?,11?,12-,13+. The lowest BCUT2D eigenvalue weighted by Crippen LogP contribution is -2.47. The molecule has 2 saturated heterocycles. The molecular formula is C20H21F3N4O2S. The van der Waals surface area contributed by atoms with E-state index in [0.717, 1.165) is 6.42 Å². The average molecular weight is 438 g/mol. The Morgan fingerprint density at radius 3 is 2.53 bits per heavy atom. The summed E-state index contributed by atoms with van der Waals surface area (Å²) in [4.78, 5) is 23.8. The molecule has 4 heterocycles. The highest BCUT2D eigenvalue weighted by Gasteiger charge is 2.57. The summed E-state index contributed by atoms with van der Waals surface area (Å²) >= 11 is 1.24. The molecule has 0 radical (unpaired) electrons. The van der Waals surface area contributed by atoms with Crippen molar-refractivity contribution >= 4 is 29.1 Å². The number of carboxylic acids is 1. The molecule has 1 N–H and O–H groups in total. The molecule has 1 saturated carbocycles. The van der Waals surface area contributed by atoms with Crippen LogP contribution in [0.5, 0.6) is 0 Å². The van der Waals surface area contributed by atoms with Crippen LogP contribution in [-0.2, 0) is 11.0 Å². The molecule has 10 heteroatoms. The fourth-order valence-corrected chi connectivity index (χ4v) is 5.55. The monoisotopic (exact) mass is 438 g/mol. The number of rotatable bonds is 5. The third kappa shape index (κ3) is 3.21. The van der Waals surface area contributed by atoms with E-state index in [1.165, 1.54) is 11.3 Å². The van der Waals surface area contributed by atoms with Gasteiger partial charge in [-0.05, 0) is 42.5 Å². The number of nitrogens with zero attached hydrogens (tertiary/aromatic N) is 4. The number of hydrogen-bond donors (Lipinski definition) is 1. The average Bonchev–Trinajstić information content (AvgIpc) is 3.11. The van der Waals surface area contributed by atoms with Crippen LogP contribution in [0, 0.1) is 17.8 Å². The molecule has 4 atom stereocenters. The van der Waals surface area contributed by atoms with Crippen LogP contribution in [0.2, 0.25) is 0 Å². The third-order valence-corrected chi connectivity index (χ3v) is 7.46. The fraction of sp³-hybridized carbons (Fsp3) is 0.550. The van der Waals surface area contributed by atoms with Crippen LogP contribution in [0.25, 0.3) is 10.4 Å². The van der Waals surface area contributed by atoms with Crippen molar-refractivity contribution < 1.29 is 23.1 Å². The molecule has 5 rings (SSSR count). The third-order valence-electron chi connectivity index (χ3n) is 6.57. The molecule has 1 aliphatic carbocycles. The van der Waals surface area contributed by atoms with Gasteiger partial charge in [-0.1, -0.05) is 6.07 Å². The first-order valence-corrected chi connectivity index (χ1v) is 10.9. The van der Waals surface area contributed by atoms with E-state index in [0.29, 0.717) is 30.3 Å². The summed E-state index contributed by atoms with van der Waals surface area (Å²) in [5.74, 6) is 0.133. The molecule has 3 aliphatic rings. The van der Waals surface area contributed by atoms with E-state index in [1.54, 1.807) is 22.4 Å². The van der Waals surface area contributed by atoms with Gasteiger partial charge in [0.15, 0.2) is 5.69 Å². The predicted octanol–water partition coefficient (Wildman–Crippen LogP) is 3.98. The number of anilines is 2. The maximum atomic E-state index is 14.1. The molecule has 0 spiro atoms. The summed E-state index contributed by atoms with van der Waals surface area (Å²) in [6.45, 7) is 3.66. The quantitative estimate of drug-likeness (QED) is 0.762. The minimum atomic E-state index is -4.60. The molecule has 3 fully saturated rings. The van der Waals surface area contributed by atoms with Crippen LogP contribution in [-0.4, -0.2) is 46.7 Å². The summed E-state index contributed by atoms with van der Waals surface area (Å²) in [6, 6.07) is 3.50. The largest absolute Gasteiger partial charge is 0.481 e. The van der Waals surface area contributed by atoms with Crippen molar-refractivity contribution in [3.8, 4) is 10.4 Å². The number of hydrogen-bond acceptors (Lipinski definition) is 6. The van der Waals surface area contributed by atoms with E-state index >= 15 is 0 Å². The van der Waals surface area contributed by atoms with Crippen LogP contribution in [0.15, 0.2) is 17.5 Å². The molecule has 30 heavy (non-hydrogen) atoms. The number of aliphatic carboxylic acids is 1. The summed E-state index contributed by atoms with van der Waals surface area (Å²) < 4.78 is 42.2. The topological polar surface area (TPSA) is 69.6 Å². The Morgan fingerprint density at radius 2 is 2.03 bits per heavy atom. The maximum Gasteiger partial charge on any atom is 0.434 e. The highest BCUT2D eigenvalue weighted by atomic mass is 32.1. The van der Waals surface area contributed by atoms with Gasteiger partial charge >= 0.3 is 12.1 Å². The first kappa shape index (κ1) is 19.6. The lowest BCUT2D eigenvalue weighted by molar-refractivity contribution is -0.140. The van der Waals surface area contributed by atoms with Gasteiger partial charge in [-0.2, -0.15) is 18.2 Å². The van der Waals surface area contributed by atoms with E-state index < -0.39 is 17.8 Å². The first-order valence-electron chi connectivity index (χ1n) is 10.0. The molecular weight excluding hydrogens is 417 g/mol. The van der Waals surface area contributed by atoms with E-state index in [4.69, 9.17) is 5.11 Å². The highest BCUT2D eigenvalue weighted by Crippen LogP contribution is 2.55. The lowest BCUT2D eigenvalue weighted by Gasteiger charge is -2.39. The summed E-state index contributed by atoms with van der Waals surface area (Å²) in [5.41, 5.74) is -0.864. The van der Waals surface area contributed by atoms with Gasteiger partial charge in [-0.15, -0.1) is 11.3 Å². The number of thiophene rings is 1. The number of carbonyl (C=O) groups is 1. The zero-order valence-electron chi connectivity index (χ0n) is 16.3. The second-order valence-corrected chi connectivity index (χ2v) is 9.32. The van der Waals surface area contributed by atoms with E-state index in [2.05, 4.69) is 9.97 Å². The van der Waals surface area contributed by atoms with Crippen molar-refractivity contribution in [2.45, 2.75) is 32.0 Å². The lowest BCUT2D eigenvalue weighted by atomic mass is 10.1. The smallest absolute Gasteiger partial charge is 0.434 e. The Kier molecular flexibility index (Phi) is 4.46. The number of halogens is 3. The van der Waals surface area contributed by atoms with Gasteiger partial charge in [0.2, 0.25) is 5.95 Å². The SMILES string of the molecule is CC1CCN1c1nc(N2C[C@@H]3C(CC(=O)O)[C@@H]3C2)c(-c2cccs2)c(C(F)(F)F)n1. The van der Waals surface area contributed by atoms with E-state index in [9.17, 15) is 18.0 Å². The second kappa shape index (κ2) is 6.83. The minimum Gasteiger partial charge on any atom is -0.481 e. The van der Waals surface area contributed by atoms with Crippen LogP contribution in [0.1, 0.15) is 25.5 Å². The Bertz CT molecular complexity index is 969. The van der Waals surface area contributed by atoms with Gasteiger partial charge in [0.1, 0.15) is 5.82 Å². The van der Waals surface area contributed by atoms with Crippen LogP contribution in [0.3, 0.4) is 0 Å². The Balaban J connectivity index is 1.57. The maximum absolute atomic E-state index is 14.1. The van der Waals surface area contributed by atoms with Crippen LogP contribution in [0.4, 0.5) is 24.9 Å². The summed E-state index contributed by atoms with van der Waals surface area (Å²) in [5, 5.41) is 10.8. The van der Waals surface area contributed by atoms with Crippen LogP contribution >= 0.6 is 11.3 Å². The van der Waals surface area contributed by atoms with Gasteiger partial charge in [-0.3, -0.25) is 4.79 Å². The normalized spacial score (nSPS) is 27.7. The molecule has 160 valence electrons. The molecule has 0 aromatic carbocycles. The van der Waals surface area contributed by atoms with Crippen molar-refractivity contribution in [1.82, 2.24) is 9.97 Å². The molecule has 2 aliphatic heterocycles. The molecule has 0 bridgehead atoms. The van der Waals surface area contributed by atoms with Crippen molar-refractivity contribution in [2.75, 3.05) is 29.4 Å². The Labute approximate surface area is 175 Å². The fourth-order valence-electron chi connectivity index (χ4n) is 4.79. The number of fused-ring (bicyclic) bond motifs is 1. The first-order chi connectivity index (χ1) is 14.2. The molecule has 2 unspecified atom stereocenters. The molecule has 2 aromatic rings. The Hall–Kier alpha value is -2.36. The van der Waals surface area contributed by atoms with Crippen LogP contribution < -0.4 is 9.80 Å². The number of alkyl halides is 3. The van der Waals surface area contributed by atoms with Gasteiger partial charge in [0.25, 0.3) is 0 Å². The van der Waals surface area contributed by atoms with E-state index in [1.807, 2.05) is 11.8 Å². The minimum absolute atomic E-state index is 0.0329. The summed E-state index contributed by atoms with van der Waals surface area (Å²) in [6.07, 6.45) is -3.58. The zero-order chi connectivity index (χ0) is 21.2. The van der Waals surface area contributed by atoms with Gasteiger partial charge in [0, 0.05) is 37.0 Å². The molecule has 2 aromatic heterocycles. The van der Waals surface area contributed by atoms with Gasteiger partial charge < -0.3 is 14.9 Å². The van der Waals surface area contributed by atoms with Gasteiger partial charge in [0.05, 0.1) is 5.56 Å². The van der Waals surface area contributed by atoms with E-state index in [-0.39, 0.29) is 41.7 Å². The number of aromatic nitrogens is 2. The zero-order valence-corrected chi connectivity index (χ0v) is 17.1. The predicted molar refractivity (Wildman–Crippen MR) is 107 cm³/mol. The van der Waals surface area contributed by atoms with Crippen molar-refractivity contribution in [1.29, 1.82) is 0 Å². The van der Waals surface area contributed by atoms with Crippen molar-refractivity contribution in [2.24, 2.45) is 17.8 Å².